The summed E-state index contributed by atoms with van der Waals surface area (Å²) >= 11 is 0. The molecule has 0 bridgehead atoms. The van der Waals surface area contributed by atoms with Crippen molar-refractivity contribution in [3.8, 4) is 0 Å². The van der Waals surface area contributed by atoms with Gasteiger partial charge in [-0.2, -0.15) is 8.42 Å². The van der Waals surface area contributed by atoms with Gasteiger partial charge in [-0.25, -0.2) is 9.86 Å². The Balaban J connectivity index is 1.91. The molecule has 7 nitrogen and oxygen atoms in total. The van der Waals surface area contributed by atoms with Gasteiger partial charge in [0.25, 0.3) is 10.2 Å². The maximum absolute atomic E-state index is 12.0. The predicted molar refractivity (Wildman–Crippen MR) is 95.2 cm³/mol. The molecule has 4 N–H and O–H groups in total. The molecular weight excluding hydrogens is 328 g/mol. The number of nitrogens with two attached hydrogens (primary N) is 1. The van der Waals surface area contributed by atoms with Crippen LogP contribution in [0.1, 0.15) is 19.8 Å². The van der Waals surface area contributed by atoms with Crippen molar-refractivity contribution in [1.29, 1.82) is 0 Å². The molecule has 1 aliphatic heterocycles. The number of hydrogen-bond acceptors (Lipinski definition) is 4. The average Bonchev–Trinajstić information content (AvgIpc) is 2.52. The van der Waals surface area contributed by atoms with Gasteiger partial charge in [-0.1, -0.05) is 25.1 Å². The van der Waals surface area contributed by atoms with Crippen LogP contribution in [0.3, 0.4) is 0 Å². The minimum Gasteiger partial charge on any atom is -0.370 e. The molecule has 1 fully saturated rings. The van der Waals surface area contributed by atoms with Gasteiger partial charge in [0, 0.05) is 31.1 Å². The second-order valence-corrected chi connectivity index (χ2v) is 8.14. The van der Waals surface area contributed by atoms with Crippen molar-refractivity contribution in [3.63, 3.8) is 0 Å². The molecular formula is C16H22N4O3S. The molecule has 0 saturated carbocycles. The van der Waals surface area contributed by atoms with Crippen LogP contribution < -0.4 is 20.3 Å². The number of piperidine rings is 1. The lowest BCUT2D eigenvalue weighted by atomic mass is 9.82. The fourth-order valence-corrected chi connectivity index (χ4v) is 3.94. The highest BCUT2D eigenvalue weighted by molar-refractivity contribution is 7.87. The quantitative estimate of drug-likeness (QED) is 0.762. The number of nitrogens with one attached hydrogen (secondary N) is 2. The summed E-state index contributed by atoms with van der Waals surface area (Å²) in [6, 6.07) is 9.30. The van der Waals surface area contributed by atoms with Gasteiger partial charge in [0.2, 0.25) is 5.56 Å². The third-order valence-electron chi connectivity index (χ3n) is 4.55. The van der Waals surface area contributed by atoms with Crippen LogP contribution in [0, 0.1) is 5.41 Å². The number of aromatic nitrogens is 1. The lowest BCUT2D eigenvalue weighted by molar-refractivity contribution is 0.263. The zero-order valence-corrected chi connectivity index (χ0v) is 14.4. The van der Waals surface area contributed by atoms with E-state index in [4.69, 9.17) is 5.14 Å². The molecule has 130 valence electrons. The van der Waals surface area contributed by atoms with Gasteiger partial charge in [0.1, 0.15) is 0 Å². The molecule has 0 radical (unpaired) electrons. The SMILES string of the molecule is CC1(CNS(N)(=O)=O)CCCN(c2cc(=O)[nH]c3ccccc23)C1. The molecule has 2 heterocycles. The molecule has 0 aliphatic carbocycles. The molecule has 2 aromatic rings. The Morgan fingerprint density at radius 1 is 1.38 bits per heavy atom. The predicted octanol–water partition coefficient (Wildman–Crippen LogP) is 0.928. The third-order valence-corrected chi connectivity index (χ3v) is 5.10. The summed E-state index contributed by atoms with van der Waals surface area (Å²) in [4.78, 5) is 17.0. The number of anilines is 1. The lowest BCUT2D eigenvalue weighted by Crippen LogP contribution is -2.49. The fourth-order valence-electron chi connectivity index (χ4n) is 3.39. The van der Waals surface area contributed by atoms with Gasteiger partial charge < -0.3 is 9.88 Å². The largest absolute Gasteiger partial charge is 0.370 e. The van der Waals surface area contributed by atoms with E-state index in [0.29, 0.717) is 6.54 Å². The maximum atomic E-state index is 12.0. The molecule has 1 aliphatic rings. The van der Waals surface area contributed by atoms with Crippen molar-refractivity contribution in [2.24, 2.45) is 10.6 Å². The number of hydrogen-bond donors (Lipinski definition) is 3. The number of benzene rings is 1. The van der Waals surface area contributed by atoms with E-state index in [1.165, 1.54) is 0 Å². The number of fused-ring (bicyclic) bond motifs is 1. The summed E-state index contributed by atoms with van der Waals surface area (Å²) in [5.74, 6) is 0. The summed E-state index contributed by atoms with van der Waals surface area (Å²) in [5, 5.41) is 6.04. The number of rotatable bonds is 4. The Hall–Kier alpha value is -1.90. The van der Waals surface area contributed by atoms with E-state index in [2.05, 4.69) is 14.6 Å². The highest BCUT2D eigenvalue weighted by Crippen LogP contribution is 2.34. The Morgan fingerprint density at radius 3 is 2.88 bits per heavy atom. The minimum absolute atomic E-state index is 0.140. The molecule has 1 aromatic heterocycles. The van der Waals surface area contributed by atoms with Crippen molar-refractivity contribution < 1.29 is 8.42 Å². The topological polar surface area (TPSA) is 108 Å². The van der Waals surface area contributed by atoms with Crippen molar-refractivity contribution in [2.75, 3.05) is 24.5 Å². The summed E-state index contributed by atoms with van der Waals surface area (Å²) in [5.41, 5.74) is 1.30. The summed E-state index contributed by atoms with van der Waals surface area (Å²) < 4.78 is 24.8. The van der Waals surface area contributed by atoms with Crippen LogP contribution in [-0.4, -0.2) is 33.0 Å². The van der Waals surface area contributed by atoms with Crippen LogP contribution in [0.25, 0.3) is 10.9 Å². The van der Waals surface area contributed by atoms with Crippen molar-refractivity contribution in [1.82, 2.24) is 9.71 Å². The molecule has 3 rings (SSSR count). The fraction of sp³-hybridized carbons (Fsp3) is 0.438. The first-order valence-electron chi connectivity index (χ1n) is 7.90. The highest BCUT2D eigenvalue weighted by Gasteiger charge is 2.32. The Kier molecular flexibility index (Phi) is 4.37. The van der Waals surface area contributed by atoms with Gasteiger partial charge in [0.15, 0.2) is 0 Å². The van der Waals surface area contributed by atoms with Crippen LogP contribution in [0.15, 0.2) is 35.1 Å². The Labute approximate surface area is 141 Å². The molecule has 8 heteroatoms. The van der Waals surface area contributed by atoms with E-state index < -0.39 is 10.2 Å². The molecule has 1 atom stereocenters. The van der Waals surface area contributed by atoms with E-state index >= 15 is 0 Å². The zero-order chi connectivity index (χ0) is 17.4. The van der Waals surface area contributed by atoms with E-state index in [9.17, 15) is 13.2 Å². The first kappa shape index (κ1) is 16.9. The monoisotopic (exact) mass is 350 g/mol. The van der Waals surface area contributed by atoms with Crippen LogP contribution in [0.5, 0.6) is 0 Å². The molecule has 1 aromatic carbocycles. The highest BCUT2D eigenvalue weighted by atomic mass is 32.2. The van der Waals surface area contributed by atoms with Gasteiger partial charge >= 0.3 is 0 Å². The number of nitrogens with zero attached hydrogens (tertiary/aromatic N) is 1. The normalized spacial score (nSPS) is 22.0. The van der Waals surface area contributed by atoms with E-state index in [1.807, 2.05) is 31.2 Å². The van der Waals surface area contributed by atoms with Gasteiger partial charge in [-0.3, -0.25) is 4.79 Å². The minimum atomic E-state index is -3.71. The molecule has 1 saturated heterocycles. The summed E-state index contributed by atoms with van der Waals surface area (Å²) in [7, 11) is -3.71. The standard InChI is InChI=1S/C16H22N4O3S/c1-16(10-18-24(17,22)23)7-4-8-20(11-16)14-9-15(21)19-13-6-3-2-5-12(13)14/h2-3,5-6,9,18H,4,7-8,10-11H2,1H3,(H,19,21)(H2,17,22,23). The van der Waals surface area contributed by atoms with E-state index in [-0.39, 0.29) is 17.5 Å². The third kappa shape index (κ3) is 3.77. The van der Waals surface area contributed by atoms with E-state index in [0.717, 1.165) is 36.0 Å². The van der Waals surface area contributed by atoms with Gasteiger partial charge in [-0.15, -0.1) is 0 Å². The summed E-state index contributed by atoms with van der Waals surface area (Å²) in [6.07, 6.45) is 1.82. The van der Waals surface area contributed by atoms with Crippen LogP contribution in [0.2, 0.25) is 0 Å². The number of aromatic amines is 1. The molecule has 0 amide bonds. The van der Waals surface area contributed by atoms with Crippen molar-refractivity contribution in [2.45, 2.75) is 19.8 Å². The summed E-state index contributed by atoms with van der Waals surface area (Å²) in [6.45, 7) is 3.80. The van der Waals surface area contributed by atoms with E-state index in [1.54, 1.807) is 6.07 Å². The first-order valence-corrected chi connectivity index (χ1v) is 9.45. The number of pyridine rings is 1. The smallest absolute Gasteiger partial charge is 0.274 e. The van der Waals surface area contributed by atoms with Crippen molar-refractivity contribution in [3.05, 3.63) is 40.7 Å². The van der Waals surface area contributed by atoms with Gasteiger partial charge in [0.05, 0.1) is 11.2 Å². The maximum Gasteiger partial charge on any atom is 0.274 e. The molecule has 0 spiro atoms. The molecule has 1 unspecified atom stereocenters. The van der Waals surface area contributed by atoms with Gasteiger partial charge in [-0.05, 0) is 24.3 Å². The van der Waals surface area contributed by atoms with Crippen molar-refractivity contribution >= 4 is 26.8 Å². The average molecular weight is 350 g/mol. The Morgan fingerprint density at radius 2 is 2.12 bits per heavy atom. The lowest BCUT2D eigenvalue weighted by Gasteiger charge is -2.42. The first-order chi connectivity index (χ1) is 11.3. The van der Waals surface area contributed by atoms with Crippen LogP contribution in [-0.2, 0) is 10.2 Å². The number of para-hydroxylation sites is 1. The van der Waals surface area contributed by atoms with Crippen LogP contribution >= 0.6 is 0 Å². The zero-order valence-electron chi connectivity index (χ0n) is 13.6. The second-order valence-electron chi connectivity index (χ2n) is 6.77. The Bertz CT molecular complexity index is 909. The molecule has 24 heavy (non-hydrogen) atoms. The number of H-pyrrole nitrogens is 1. The second kappa shape index (κ2) is 6.19. The van der Waals surface area contributed by atoms with Crippen LogP contribution in [0.4, 0.5) is 5.69 Å².